The van der Waals surface area contributed by atoms with Crippen LogP contribution in [0.15, 0.2) is 91.0 Å². The average Bonchev–Trinajstić information content (AvgIpc) is 3.10. The quantitative estimate of drug-likeness (QED) is 0.292. The number of rotatable bonds is 3. The maximum Gasteiger partial charge on any atom is 0.292 e. The summed E-state index contributed by atoms with van der Waals surface area (Å²) in [5, 5.41) is 24.1. The molecule has 0 radical (unpaired) electrons. The predicted molar refractivity (Wildman–Crippen MR) is 177 cm³/mol. The van der Waals surface area contributed by atoms with E-state index in [1.54, 1.807) is 55.2 Å². The van der Waals surface area contributed by atoms with E-state index in [4.69, 9.17) is 15.8 Å². The average molecular weight is 568 g/mol. The minimum Gasteiger partial charge on any atom is -0.388 e. The van der Waals surface area contributed by atoms with Gasteiger partial charge in [-0.3, -0.25) is 0 Å². The first-order chi connectivity index (χ1) is 20.3. The van der Waals surface area contributed by atoms with Crippen LogP contribution in [-0.2, 0) is 0 Å². The third kappa shape index (κ3) is 49.1. The topological polar surface area (TPSA) is 99.1 Å². The lowest BCUT2D eigenvalue weighted by Gasteiger charge is -1.89. The Morgan fingerprint density at radius 3 is 0.585 bits per heavy atom. The van der Waals surface area contributed by atoms with Crippen molar-refractivity contribution >= 4 is 0 Å². The molecule has 3 rings (SSSR count). The van der Waals surface area contributed by atoms with Crippen LogP contribution >= 0.6 is 0 Å². The van der Waals surface area contributed by atoms with Crippen molar-refractivity contribution in [1.29, 1.82) is 15.8 Å². The Kier molecular flexibility index (Phi) is 83.8. The Labute approximate surface area is 253 Å². The number of para-hydroxylation sites is 3. The summed E-state index contributed by atoms with van der Waals surface area (Å²) in [6.45, 7) is 28.0. The minimum absolute atomic E-state index is 0.583. The second-order valence-electron chi connectivity index (χ2n) is 4.52. The van der Waals surface area contributed by atoms with Gasteiger partial charge in [0.05, 0.1) is 0 Å². The van der Waals surface area contributed by atoms with Crippen LogP contribution in [0.5, 0.6) is 17.2 Å². The highest BCUT2D eigenvalue weighted by Gasteiger charge is 1.86. The van der Waals surface area contributed by atoms with Crippen molar-refractivity contribution < 1.29 is 14.2 Å². The molecular formula is C35H57N3O3. The summed E-state index contributed by atoms with van der Waals surface area (Å²) in [5.74, 6) is 1.75. The minimum atomic E-state index is 0.583. The van der Waals surface area contributed by atoms with Gasteiger partial charge in [0.2, 0.25) is 0 Å². The molecule has 0 unspecified atom stereocenters. The molecule has 6 nitrogen and oxygen atoms in total. The van der Waals surface area contributed by atoms with Gasteiger partial charge in [0.25, 0.3) is 18.8 Å². The number of nitrogens with zero attached hydrogens (tertiary/aromatic N) is 3. The summed E-state index contributed by atoms with van der Waals surface area (Å²) < 4.78 is 13.5. The first-order valence-electron chi connectivity index (χ1n) is 14.6. The summed E-state index contributed by atoms with van der Waals surface area (Å²) in [7, 11) is 0. The Morgan fingerprint density at radius 2 is 0.463 bits per heavy atom. The van der Waals surface area contributed by atoms with E-state index in [1.165, 1.54) is 0 Å². The van der Waals surface area contributed by atoms with E-state index in [0.717, 1.165) is 0 Å². The number of ether oxygens (including phenoxy) is 3. The number of benzene rings is 3. The third-order valence-electron chi connectivity index (χ3n) is 2.72. The molecule has 0 fully saturated rings. The van der Waals surface area contributed by atoms with E-state index >= 15 is 0 Å². The Bertz CT molecular complexity index is 763. The van der Waals surface area contributed by atoms with Gasteiger partial charge < -0.3 is 14.2 Å². The van der Waals surface area contributed by atoms with Crippen molar-refractivity contribution in [3.8, 4) is 36.0 Å². The standard InChI is InChI=1S/3C7H5NO.7C2H6/c3*8-6-9-7-4-2-1-3-5-7;7*1-2/h3*1-5H;7*1-2H3. The molecule has 41 heavy (non-hydrogen) atoms. The van der Waals surface area contributed by atoms with E-state index in [2.05, 4.69) is 14.2 Å². The number of hydrogen-bond acceptors (Lipinski definition) is 6. The molecule has 230 valence electrons. The lowest BCUT2D eigenvalue weighted by atomic mass is 10.3. The molecule has 0 bridgehead atoms. The summed E-state index contributed by atoms with van der Waals surface area (Å²) >= 11 is 0. The van der Waals surface area contributed by atoms with E-state index < -0.39 is 0 Å². The molecule has 0 saturated heterocycles. The first-order valence-corrected chi connectivity index (χ1v) is 14.6. The summed E-state index contributed by atoms with van der Waals surface area (Å²) in [5.41, 5.74) is 0. The van der Waals surface area contributed by atoms with Gasteiger partial charge in [-0.1, -0.05) is 152 Å². The molecule has 0 aliphatic carbocycles. The van der Waals surface area contributed by atoms with Crippen molar-refractivity contribution in [2.24, 2.45) is 0 Å². The van der Waals surface area contributed by atoms with E-state index in [9.17, 15) is 0 Å². The lowest BCUT2D eigenvalue weighted by Crippen LogP contribution is -1.78. The maximum absolute atomic E-state index is 8.05. The highest BCUT2D eigenvalue weighted by molar-refractivity contribution is 5.23. The van der Waals surface area contributed by atoms with E-state index in [0.29, 0.717) is 17.2 Å². The van der Waals surface area contributed by atoms with Gasteiger partial charge in [-0.05, 0) is 36.4 Å². The monoisotopic (exact) mass is 567 g/mol. The van der Waals surface area contributed by atoms with Crippen LogP contribution in [0.25, 0.3) is 0 Å². The molecule has 3 aromatic carbocycles. The largest absolute Gasteiger partial charge is 0.388 e. The van der Waals surface area contributed by atoms with Crippen LogP contribution in [0.1, 0.15) is 96.9 Å². The van der Waals surface area contributed by atoms with Crippen molar-refractivity contribution in [2.45, 2.75) is 96.9 Å². The number of nitriles is 3. The van der Waals surface area contributed by atoms with Crippen LogP contribution in [0.3, 0.4) is 0 Å². The Balaban J connectivity index is -0.0000000696. The van der Waals surface area contributed by atoms with Gasteiger partial charge in [-0.2, -0.15) is 0 Å². The van der Waals surface area contributed by atoms with Gasteiger partial charge in [0.15, 0.2) is 0 Å². The zero-order chi connectivity index (χ0) is 33.6. The SMILES string of the molecule is CC.CC.CC.CC.CC.CC.CC.N#COc1ccccc1.N#COc1ccccc1.N#COc1ccccc1. The highest BCUT2D eigenvalue weighted by atomic mass is 16.5. The molecule has 0 aliphatic heterocycles. The Hall–Kier alpha value is -4.47. The molecule has 0 aliphatic rings. The molecule has 0 spiro atoms. The zero-order valence-corrected chi connectivity index (χ0v) is 28.2. The number of hydrogen-bond donors (Lipinski definition) is 0. The fourth-order valence-electron chi connectivity index (χ4n) is 1.62. The van der Waals surface area contributed by atoms with Crippen LogP contribution in [-0.4, -0.2) is 0 Å². The summed E-state index contributed by atoms with van der Waals surface area (Å²) in [4.78, 5) is 0. The zero-order valence-electron chi connectivity index (χ0n) is 28.2. The molecule has 0 aromatic heterocycles. The van der Waals surface area contributed by atoms with Crippen LogP contribution < -0.4 is 14.2 Å². The Morgan fingerprint density at radius 1 is 0.317 bits per heavy atom. The van der Waals surface area contributed by atoms with Gasteiger partial charge in [-0.25, -0.2) is 0 Å². The second kappa shape index (κ2) is 65.0. The maximum atomic E-state index is 8.05. The third-order valence-corrected chi connectivity index (χ3v) is 2.72. The second-order valence-corrected chi connectivity index (χ2v) is 4.52. The highest BCUT2D eigenvalue weighted by Crippen LogP contribution is 2.07. The van der Waals surface area contributed by atoms with Crippen molar-refractivity contribution in [3.63, 3.8) is 0 Å². The predicted octanol–water partition coefficient (Wildman–Crippen LogP) is 11.8. The lowest BCUT2D eigenvalue weighted by molar-refractivity contribution is 0.507. The van der Waals surface area contributed by atoms with Gasteiger partial charge in [-0.15, -0.1) is 15.8 Å². The normalized spacial score (nSPS) is 6.22. The molecule has 0 saturated carbocycles. The molecule has 0 amide bonds. The van der Waals surface area contributed by atoms with Crippen molar-refractivity contribution in [1.82, 2.24) is 0 Å². The van der Waals surface area contributed by atoms with Gasteiger partial charge >= 0.3 is 0 Å². The van der Waals surface area contributed by atoms with E-state index in [1.807, 2.05) is 152 Å². The van der Waals surface area contributed by atoms with Gasteiger partial charge in [0.1, 0.15) is 17.2 Å². The van der Waals surface area contributed by atoms with Crippen LogP contribution in [0.2, 0.25) is 0 Å². The fraction of sp³-hybridized carbons (Fsp3) is 0.400. The summed E-state index contributed by atoms with van der Waals surface area (Å²) in [6, 6.07) is 26.8. The smallest absolute Gasteiger partial charge is 0.292 e. The summed E-state index contributed by atoms with van der Waals surface area (Å²) in [6.07, 6.45) is 4.75. The van der Waals surface area contributed by atoms with Crippen LogP contribution in [0.4, 0.5) is 0 Å². The molecule has 3 aromatic rings. The molecular weight excluding hydrogens is 510 g/mol. The van der Waals surface area contributed by atoms with Crippen molar-refractivity contribution in [3.05, 3.63) is 91.0 Å². The fourth-order valence-corrected chi connectivity index (χ4v) is 1.62. The van der Waals surface area contributed by atoms with E-state index in [-0.39, 0.29) is 0 Å². The molecule has 6 heteroatoms. The van der Waals surface area contributed by atoms with Crippen LogP contribution in [0, 0.1) is 34.6 Å². The molecule has 0 atom stereocenters. The molecule has 0 heterocycles. The van der Waals surface area contributed by atoms with Gasteiger partial charge in [0, 0.05) is 0 Å². The van der Waals surface area contributed by atoms with Crippen molar-refractivity contribution in [2.75, 3.05) is 0 Å². The molecule has 0 N–H and O–H groups in total. The first kappa shape index (κ1) is 52.9.